The van der Waals surface area contributed by atoms with Crippen molar-refractivity contribution in [2.75, 3.05) is 6.61 Å². The Morgan fingerprint density at radius 3 is 2.32 bits per heavy atom. The number of benzene rings is 1. The van der Waals surface area contributed by atoms with Gasteiger partial charge in [0.1, 0.15) is 0 Å². The summed E-state index contributed by atoms with van der Waals surface area (Å²) in [5.74, 6) is 0. The smallest absolute Gasteiger partial charge is 0.417 e. The Morgan fingerprint density at radius 1 is 1.07 bits per heavy atom. The molecule has 1 heterocycles. The lowest BCUT2D eigenvalue weighted by molar-refractivity contribution is -0.141. The molecule has 0 aliphatic carbocycles. The summed E-state index contributed by atoms with van der Waals surface area (Å²) in [4.78, 5) is 0. The molecule has 0 fully saturated rings. The van der Waals surface area contributed by atoms with Crippen molar-refractivity contribution in [3.63, 3.8) is 0 Å². The number of rotatable bonds is 8. The lowest BCUT2D eigenvalue weighted by Crippen LogP contribution is -2.40. The minimum atomic E-state index is -4.50. The van der Waals surface area contributed by atoms with Gasteiger partial charge in [0.25, 0.3) is 0 Å². The maximum Gasteiger partial charge on any atom is 0.437 e. The number of alkyl halides is 3. The molecule has 1 aromatic carbocycles. The largest absolute Gasteiger partial charge is 0.437 e. The molecule has 0 radical (unpaired) electrons. The molecular formula is C21H32F3NO2Si. The maximum absolute atomic E-state index is 13.1. The Balaban J connectivity index is 2.08. The Morgan fingerprint density at radius 2 is 1.75 bits per heavy atom. The zero-order valence-corrected chi connectivity index (χ0v) is 18.8. The van der Waals surface area contributed by atoms with Gasteiger partial charge in [-0.2, -0.15) is 13.2 Å². The van der Waals surface area contributed by atoms with Crippen molar-refractivity contribution < 1.29 is 22.1 Å². The van der Waals surface area contributed by atoms with E-state index in [4.69, 9.17) is 8.95 Å². The molecule has 0 amide bonds. The SMILES string of the molecule is CCCc1c(CCCCO[Si](C)(C)C(C)(C)C)ccc2c(C(F)(F)F)noc12. The summed E-state index contributed by atoms with van der Waals surface area (Å²) in [5.41, 5.74) is 1.25. The van der Waals surface area contributed by atoms with Gasteiger partial charge in [0.2, 0.25) is 0 Å². The van der Waals surface area contributed by atoms with Crippen LogP contribution in [0.15, 0.2) is 16.7 Å². The summed E-state index contributed by atoms with van der Waals surface area (Å²) < 4.78 is 50.6. The van der Waals surface area contributed by atoms with Crippen LogP contribution in [0.5, 0.6) is 0 Å². The fraction of sp³-hybridized carbons (Fsp3) is 0.667. The summed E-state index contributed by atoms with van der Waals surface area (Å²) in [6, 6.07) is 3.30. The van der Waals surface area contributed by atoms with Gasteiger partial charge in [0.05, 0.1) is 5.39 Å². The van der Waals surface area contributed by atoms with Crippen LogP contribution in [0.25, 0.3) is 11.0 Å². The van der Waals surface area contributed by atoms with Gasteiger partial charge in [-0.25, -0.2) is 0 Å². The number of unbranched alkanes of at least 4 members (excludes halogenated alkanes) is 1. The monoisotopic (exact) mass is 415 g/mol. The van der Waals surface area contributed by atoms with Crippen molar-refractivity contribution in [1.82, 2.24) is 5.16 Å². The number of aromatic nitrogens is 1. The summed E-state index contributed by atoms with van der Waals surface area (Å²) in [5, 5.41) is 3.54. The van der Waals surface area contributed by atoms with Gasteiger partial charge in [-0.3, -0.25) is 0 Å². The molecule has 2 aromatic rings. The molecular weight excluding hydrogens is 383 g/mol. The summed E-state index contributed by atoms with van der Waals surface area (Å²) >= 11 is 0. The number of aryl methyl sites for hydroxylation is 2. The molecule has 0 atom stereocenters. The molecule has 0 unspecified atom stereocenters. The molecule has 0 N–H and O–H groups in total. The second-order valence-corrected chi connectivity index (χ2v) is 13.7. The van der Waals surface area contributed by atoms with Gasteiger partial charge in [-0.1, -0.05) is 45.3 Å². The van der Waals surface area contributed by atoms with Gasteiger partial charge in [0, 0.05) is 12.2 Å². The van der Waals surface area contributed by atoms with Gasteiger partial charge in [-0.05, 0) is 55.4 Å². The van der Waals surface area contributed by atoms with Crippen molar-refractivity contribution in [1.29, 1.82) is 0 Å². The molecule has 0 aliphatic heterocycles. The quantitative estimate of drug-likeness (QED) is 0.339. The molecule has 28 heavy (non-hydrogen) atoms. The van der Waals surface area contributed by atoms with Crippen LogP contribution in [0.4, 0.5) is 13.2 Å². The average Bonchev–Trinajstić information content (AvgIpc) is 2.99. The fourth-order valence-electron chi connectivity index (χ4n) is 3.02. The minimum absolute atomic E-state index is 0.0564. The van der Waals surface area contributed by atoms with Gasteiger partial charge < -0.3 is 8.95 Å². The van der Waals surface area contributed by atoms with Crippen LogP contribution in [0, 0.1) is 0 Å². The summed E-state index contributed by atoms with van der Waals surface area (Å²) in [6.45, 7) is 13.9. The summed E-state index contributed by atoms with van der Waals surface area (Å²) in [6.07, 6.45) is -0.328. The normalized spacial score (nSPS) is 13.5. The van der Waals surface area contributed by atoms with Crippen molar-refractivity contribution >= 4 is 19.3 Å². The van der Waals surface area contributed by atoms with E-state index in [1.165, 1.54) is 6.07 Å². The third-order valence-electron chi connectivity index (χ3n) is 5.72. The van der Waals surface area contributed by atoms with Crippen molar-refractivity contribution in [3.05, 3.63) is 29.0 Å². The second-order valence-electron chi connectivity index (χ2n) is 8.92. The first kappa shape index (κ1) is 22.9. The highest BCUT2D eigenvalue weighted by molar-refractivity contribution is 6.74. The van der Waals surface area contributed by atoms with Crippen LogP contribution in [0.3, 0.4) is 0 Å². The molecule has 0 aliphatic rings. The highest BCUT2D eigenvalue weighted by Gasteiger charge is 2.38. The maximum atomic E-state index is 13.1. The van der Waals surface area contributed by atoms with Crippen LogP contribution in [-0.2, 0) is 23.4 Å². The van der Waals surface area contributed by atoms with Gasteiger partial charge in [-0.15, -0.1) is 0 Å². The fourth-order valence-corrected chi connectivity index (χ4v) is 4.11. The Bertz CT molecular complexity index is 791. The van der Waals surface area contributed by atoms with Crippen LogP contribution >= 0.6 is 0 Å². The first-order chi connectivity index (χ1) is 12.9. The van der Waals surface area contributed by atoms with E-state index in [9.17, 15) is 13.2 Å². The van der Waals surface area contributed by atoms with E-state index >= 15 is 0 Å². The summed E-state index contributed by atoms with van der Waals surface area (Å²) in [7, 11) is -1.74. The molecule has 0 bridgehead atoms. The van der Waals surface area contributed by atoms with E-state index in [1.54, 1.807) is 6.07 Å². The molecule has 3 nitrogen and oxygen atoms in total. The number of fused-ring (bicyclic) bond motifs is 1. The number of hydrogen-bond donors (Lipinski definition) is 0. The Hall–Kier alpha value is -1.34. The van der Waals surface area contributed by atoms with Crippen LogP contribution < -0.4 is 0 Å². The highest BCUT2D eigenvalue weighted by atomic mass is 28.4. The average molecular weight is 416 g/mol. The highest BCUT2D eigenvalue weighted by Crippen LogP contribution is 2.37. The predicted octanol–water partition coefficient (Wildman–Crippen LogP) is 7.14. The van der Waals surface area contributed by atoms with Crippen LogP contribution in [-0.4, -0.2) is 20.1 Å². The van der Waals surface area contributed by atoms with Crippen molar-refractivity contribution in [2.24, 2.45) is 0 Å². The van der Waals surface area contributed by atoms with Gasteiger partial charge in [0.15, 0.2) is 19.6 Å². The zero-order valence-electron chi connectivity index (χ0n) is 17.8. The Labute approximate surface area is 166 Å². The lowest BCUT2D eigenvalue weighted by atomic mass is 9.96. The van der Waals surface area contributed by atoms with Crippen molar-refractivity contribution in [3.8, 4) is 0 Å². The first-order valence-corrected chi connectivity index (χ1v) is 12.9. The van der Waals surface area contributed by atoms with E-state index in [1.807, 2.05) is 6.92 Å². The number of halogens is 3. The third-order valence-corrected chi connectivity index (χ3v) is 10.3. The molecule has 1 aromatic heterocycles. The van der Waals surface area contributed by atoms with Crippen LogP contribution in [0.1, 0.15) is 63.8 Å². The molecule has 0 spiro atoms. The lowest BCUT2D eigenvalue weighted by Gasteiger charge is -2.36. The zero-order chi connectivity index (χ0) is 21.2. The topological polar surface area (TPSA) is 35.3 Å². The van der Waals surface area contributed by atoms with E-state index < -0.39 is 20.2 Å². The second kappa shape index (κ2) is 8.57. The first-order valence-electron chi connectivity index (χ1n) is 9.99. The van der Waals surface area contributed by atoms with E-state index in [0.717, 1.165) is 43.4 Å². The molecule has 7 heteroatoms. The molecule has 0 saturated carbocycles. The molecule has 2 rings (SSSR count). The predicted molar refractivity (Wildman–Crippen MR) is 109 cm³/mol. The van der Waals surface area contributed by atoms with E-state index in [-0.39, 0.29) is 16.0 Å². The number of nitrogens with zero attached hydrogens (tertiary/aromatic N) is 1. The standard InChI is InChI=1S/C21H32F3NO2Si/c1-7-10-16-15(11-8-9-14-26-28(5,6)20(2,3)4)12-13-17-18(16)27-25-19(17)21(22,23)24/h12-13H,7-11,14H2,1-6H3. The Kier molecular flexibility index (Phi) is 7.02. The minimum Gasteiger partial charge on any atom is -0.417 e. The molecule has 158 valence electrons. The molecule has 0 saturated heterocycles. The van der Waals surface area contributed by atoms with Crippen LogP contribution in [0.2, 0.25) is 18.1 Å². The van der Waals surface area contributed by atoms with Gasteiger partial charge >= 0.3 is 6.18 Å². The van der Waals surface area contributed by atoms with E-state index in [0.29, 0.717) is 6.42 Å². The number of hydrogen-bond acceptors (Lipinski definition) is 3. The third kappa shape index (κ3) is 5.17. The van der Waals surface area contributed by atoms with E-state index in [2.05, 4.69) is 39.0 Å². The van der Waals surface area contributed by atoms with Crippen molar-refractivity contribution in [2.45, 2.75) is 84.1 Å².